The Hall–Kier alpha value is -4.20. The Bertz CT molecular complexity index is 1180. The Kier molecular flexibility index (Phi) is 7.17. The van der Waals surface area contributed by atoms with Gasteiger partial charge in [-0.3, -0.25) is 24.3 Å². The van der Waals surface area contributed by atoms with E-state index in [-0.39, 0.29) is 37.4 Å². The normalized spacial score (nSPS) is 12.5. The molecule has 1 aliphatic rings. The molecule has 8 nitrogen and oxygen atoms in total. The highest BCUT2D eigenvalue weighted by molar-refractivity contribution is 6.04. The molecule has 2 heterocycles. The Morgan fingerprint density at radius 3 is 2.56 bits per heavy atom. The number of nitrogens with one attached hydrogen (secondary N) is 1. The van der Waals surface area contributed by atoms with Gasteiger partial charge in [-0.1, -0.05) is 19.1 Å². The van der Waals surface area contributed by atoms with Crippen LogP contribution in [0.4, 0.5) is 5.69 Å². The molecule has 1 aromatic heterocycles. The summed E-state index contributed by atoms with van der Waals surface area (Å²) >= 11 is 0. The molecule has 1 aliphatic heterocycles. The smallest absolute Gasteiger partial charge is 0.265 e. The van der Waals surface area contributed by atoms with E-state index in [4.69, 9.17) is 9.47 Å². The highest BCUT2D eigenvalue weighted by Crippen LogP contribution is 2.33. The minimum atomic E-state index is -0.358. The highest BCUT2D eigenvalue weighted by Gasteiger charge is 2.28. The van der Waals surface area contributed by atoms with Crippen molar-refractivity contribution in [3.05, 3.63) is 83.7 Å². The molecule has 0 bridgehead atoms. The van der Waals surface area contributed by atoms with Crippen molar-refractivity contribution in [1.29, 1.82) is 0 Å². The van der Waals surface area contributed by atoms with E-state index in [2.05, 4.69) is 17.2 Å². The van der Waals surface area contributed by atoms with E-state index >= 15 is 0 Å². The summed E-state index contributed by atoms with van der Waals surface area (Å²) in [5.41, 5.74) is 2.83. The number of ether oxygens (including phenoxy) is 2. The quantitative estimate of drug-likeness (QED) is 0.494. The first kappa shape index (κ1) is 23.0. The standard InChI is InChI=1S/C26H25N3O5/c1-2-18-3-6-21(7-4-18)33-16-23(30)20-5-8-24-22(13-20)29(26(32)17-34-24)15-25(31)28-14-19-9-11-27-12-10-19/h3-13H,2,14-17H2,1H3,(H,28,31). The van der Waals surface area contributed by atoms with Gasteiger partial charge < -0.3 is 14.8 Å². The fourth-order valence-electron chi connectivity index (χ4n) is 3.50. The molecule has 2 aromatic carbocycles. The minimum absolute atomic E-state index is 0.147. The zero-order valence-electron chi connectivity index (χ0n) is 18.8. The van der Waals surface area contributed by atoms with Crippen LogP contribution in [-0.4, -0.2) is 42.3 Å². The summed E-state index contributed by atoms with van der Waals surface area (Å²) in [5.74, 6) is 0.114. The van der Waals surface area contributed by atoms with Crippen molar-refractivity contribution >= 4 is 23.3 Å². The van der Waals surface area contributed by atoms with Gasteiger partial charge in [-0.25, -0.2) is 0 Å². The molecule has 8 heteroatoms. The molecule has 174 valence electrons. The SMILES string of the molecule is CCc1ccc(OCC(=O)c2ccc3c(c2)N(CC(=O)NCc2ccncc2)C(=O)CO3)cc1. The van der Waals surface area contributed by atoms with Crippen LogP contribution in [-0.2, 0) is 22.6 Å². The number of rotatable bonds is 9. The van der Waals surface area contributed by atoms with Gasteiger partial charge in [-0.2, -0.15) is 0 Å². The number of aromatic nitrogens is 1. The molecule has 34 heavy (non-hydrogen) atoms. The number of carbonyl (C=O) groups is 3. The van der Waals surface area contributed by atoms with Gasteiger partial charge in [0.05, 0.1) is 5.69 Å². The summed E-state index contributed by atoms with van der Waals surface area (Å²) < 4.78 is 11.1. The van der Waals surface area contributed by atoms with Crippen LogP contribution in [0, 0.1) is 0 Å². The van der Waals surface area contributed by atoms with Gasteiger partial charge in [0.1, 0.15) is 18.0 Å². The zero-order valence-corrected chi connectivity index (χ0v) is 18.8. The number of pyridine rings is 1. The molecular weight excluding hydrogens is 434 g/mol. The molecule has 3 aromatic rings. The van der Waals surface area contributed by atoms with Crippen molar-refractivity contribution in [3.8, 4) is 11.5 Å². The first-order chi connectivity index (χ1) is 16.5. The number of anilines is 1. The lowest BCUT2D eigenvalue weighted by molar-refractivity contribution is -0.125. The molecule has 0 saturated carbocycles. The fraction of sp³-hybridized carbons (Fsp3) is 0.231. The number of fused-ring (bicyclic) bond motifs is 1. The second-order valence-electron chi connectivity index (χ2n) is 7.79. The summed E-state index contributed by atoms with van der Waals surface area (Å²) in [7, 11) is 0. The zero-order chi connectivity index (χ0) is 23.9. The van der Waals surface area contributed by atoms with Crippen LogP contribution in [0.2, 0.25) is 0 Å². The maximum atomic E-state index is 12.7. The Balaban J connectivity index is 1.42. The third kappa shape index (κ3) is 5.58. The van der Waals surface area contributed by atoms with Gasteiger partial charge in [0, 0.05) is 24.5 Å². The monoisotopic (exact) mass is 459 g/mol. The maximum Gasteiger partial charge on any atom is 0.265 e. The number of hydrogen-bond donors (Lipinski definition) is 1. The van der Waals surface area contributed by atoms with Gasteiger partial charge in [-0.05, 0) is 60.0 Å². The van der Waals surface area contributed by atoms with Crippen LogP contribution >= 0.6 is 0 Å². The molecule has 0 saturated heterocycles. The van der Waals surface area contributed by atoms with Gasteiger partial charge in [0.15, 0.2) is 19.0 Å². The van der Waals surface area contributed by atoms with Crippen LogP contribution < -0.4 is 19.7 Å². The average Bonchev–Trinajstić information content (AvgIpc) is 2.88. The van der Waals surface area contributed by atoms with Crippen molar-refractivity contribution < 1.29 is 23.9 Å². The van der Waals surface area contributed by atoms with Crippen molar-refractivity contribution in [3.63, 3.8) is 0 Å². The summed E-state index contributed by atoms with van der Waals surface area (Å²) in [6.07, 6.45) is 4.21. The Labute approximate surface area is 197 Å². The second kappa shape index (κ2) is 10.6. The second-order valence-corrected chi connectivity index (χ2v) is 7.79. The number of nitrogens with zero attached hydrogens (tertiary/aromatic N) is 2. The van der Waals surface area contributed by atoms with Crippen LogP contribution in [0.15, 0.2) is 67.0 Å². The molecule has 0 aliphatic carbocycles. The summed E-state index contributed by atoms with van der Waals surface area (Å²) in [6.45, 7) is 1.89. The third-order valence-corrected chi connectivity index (χ3v) is 5.47. The van der Waals surface area contributed by atoms with E-state index in [1.54, 1.807) is 42.7 Å². The van der Waals surface area contributed by atoms with Gasteiger partial charge >= 0.3 is 0 Å². The van der Waals surface area contributed by atoms with E-state index in [9.17, 15) is 14.4 Å². The molecule has 1 N–H and O–H groups in total. The lowest BCUT2D eigenvalue weighted by Crippen LogP contribution is -2.45. The lowest BCUT2D eigenvalue weighted by Gasteiger charge is -2.29. The average molecular weight is 460 g/mol. The van der Waals surface area contributed by atoms with E-state index in [0.29, 0.717) is 29.3 Å². The van der Waals surface area contributed by atoms with E-state index < -0.39 is 0 Å². The molecule has 4 rings (SSSR count). The summed E-state index contributed by atoms with van der Waals surface area (Å²) in [4.78, 5) is 43.1. The number of aryl methyl sites for hydroxylation is 1. The predicted molar refractivity (Wildman–Crippen MR) is 126 cm³/mol. The van der Waals surface area contributed by atoms with Gasteiger partial charge in [0.25, 0.3) is 5.91 Å². The van der Waals surface area contributed by atoms with Crippen molar-refractivity contribution in [2.24, 2.45) is 0 Å². The molecule has 2 amide bonds. The Morgan fingerprint density at radius 1 is 1.06 bits per heavy atom. The maximum absolute atomic E-state index is 12.7. The van der Waals surface area contributed by atoms with E-state index in [1.807, 2.05) is 24.3 Å². The number of carbonyl (C=O) groups excluding carboxylic acids is 3. The minimum Gasteiger partial charge on any atom is -0.485 e. The van der Waals surface area contributed by atoms with Gasteiger partial charge in [-0.15, -0.1) is 0 Å². The van der Waals surface area contributed by atoms with Crippen molar-refractivity contribution in [2.75, 3.05) is 24.7 Å². The molecular formula is C26H25N3O5. The molecule has 0 radical (unpaired) electrons. The van der Waals surface area contributed by atoms with Crippen molar-refractivity contribution in [2.45, 2.75) is 19.9 Å². The largest absolute Gasteiger partial charge is 0.485 e. The molecule has 0 atom stereocenters. The first-order valence-corrected chi connectivity index (χ1v) is 11.0. The highest BCUT2D eigenvalue weighted by atomic mass is 16.5. The Morgan fingerprint density at radius 2 is 1.82 bits per heavy atom. The fourth-order valence-corrected chi connectivity index (χ4v) is 3.50. The first-order valence-electron chi connectivity index (χ1n) is 11.0. The molecule has 0 unspecified atom stereocenters. The predicted octanol–water partition coefficient (Wildman–Crippen LogP) is 2.95. The van der Waals surface area contributed by atoms with Gasteiger partial charge in [0.2, 0.25) is 5.91 Å². The van der Waals surface area contributed by atoms with E-state index in [0.717, 1.165) is 12.0 Å². The summed E-state index contributed by atoms with van der Waals surface area (Å²) in [6, 6.07) is 16.0. The van der Waals surface area contributed by atoms with E-state index in [1.165, 1.54) is 10.5 Å². The third-order valence-electron chi connectivity index (χ3n) is 5.47. The van der Waals surface area contributed by atoms with Crippen LogP contribution in [0.3, 0.4) is 0 Å². The number of amides is 2. The number of benzene rings is 2. The van der Waals surface area contributed by atoms with Crippen molar-refractivity contribution in [1.82, 2.24) is 10.3 Å². The van der Waals surface area contributed by atoms with Crippen LogP contribution in [0.25, 0.3) is 0 Å². The number of ketones is 1. The lowest BCUT2D eigenvalue weighted by atomic mass is 10.1. The number of Topliss-reactive ketones (excluding diaryl/α,β-unsaturated/α-hetero) is 1. The topological polar surface area (TPSA) is 97.8 Å². The van der Waals surface area contributed by atoms with Crippen LogP contribution in [0.5, 0.6) is 11.5 Å². The number of hydrogen-bond acceptors (Lipinski definition) is 6. The molecule has 0 spiro atoms. The molecule has 0 fully saturated rings. The van der Waals surface area contributed by atoms with Crippen LogP contribution in [0.1, 0.15) is 28.4 Å². The summed E-state index contributed by atoms with van der Waals surface area (Å²) in [5, 5.41) is 2.79.